The average molecular weight is 302 g/mol. The lowest BCUT2D eigenvalue weighted by molar-refractivity contribution is 0.0550. The van der Waals surface area contributed by atoms with E-state index in [1.165, 1.54) is 0 Å². The zero-order valence-electron chi connectivity index (χ0n) is 11.1. The fraction of sp³-hybridized carbons (Fsp3) is 0.125. The lowest BCUT2D eigenvalue weighted by atomic mass is 10.2. The zero-order valence-corrected chi connectivity index (χ0v) is 11.8. The molecule has 0 saturated heterocycles. The third-order valence-corrected chi connectivity index (χ3v) is 3.08. The summed E-state index contributed by atoms with van der Waals surface area (Å²) in [6.45, 7) is -0.0557. The molecular weight excluding hydrogens is 290 g/mol. The molecule has 2 rings (SSSR count). The van der Waals surface area contributed by atoms with E-state index in [-0.39, 0.29) is 18.8 Å². The topological polar surface area (TPSA) is 59.3 Å². The maximum Gasteiger partial charge on any atom is 0.342 e. The number of benzene rings is 2. The second-order valence-corrected chi connectivity index (χ2v) is 4.52. The Labute approximate surface area is 127 Å². The van der Waals surface area contributed by atoms with Crippen molar-refractivity contribution in [2.75, 3.05) is 6.61 Å². The van der Waals surface area contributed by atoms with Gasteiger partial charge in [0.1, 0.15) is 24.0 Å². The fourth-order valence-corrected chi connectivity index (χ4v) is 1.90. The van der Waals surface area contributed by atoms with Crippen molar-refractivity contribution in [3.05, 3.63) is 64.7 Å². The lowest BCUT2D eigenvalue weighted by Gasteiger charge is -2.11. The van der Waals surface area contributed by atoms with Crippen LogP contribution in [0, 0.1) is 11.3 Å². The molecule has 5 heteroatoms. The molecule has 2 aromatic rings. The first kappa shape index (κ1) is 14.9. The van der Waals surface area contributed by atoms with Crippen molar-refractivity contribution < 1.29 is 14.3 Å². The van der Waals surface area contributed by atoms with Gasteiger partial charge in [0.25, 0.3) is 0 Å². The molecule has 0 spiro atoms. The molecule has 0 aliphatic carbocycles. The van der Waals surface area contributed by atoms with Crippen molar-refractivity contribution in [2.45, 2.75) is 6.61 Å². The minimum absolute atomic E-state index is 0.238. The van der Waals surface area contributed by atoms with Crippen LogP contribution in [0.5, 0.6) is 5.75 Å². The molecule has 0 aliphatic heterocycles. The second-order valence-electron chi connectivity index (χ2n) is 4.11. The predicted molar refractivity (Wildman–Crippen MR) is 78.1 cm³/mol. The van der Waals surface area contributed by atoms with Crippen LogP contribution in [0.2, 0.25) is 5.02 Å². The summed E-state index contributed by atoms with van der Waals surface area (Å²) in [5.41, 5.74) is 1.10. The van der Waals surface area contributed by atoms with Crippen LogP contribution >= 0.6 is 11.6 Å². The number of carbonyl (C=O) groups excluding carboxylic acids is 1. The van der Waals surface area contributed by atoms with E-state index >= 15 is 0 Å². The number of rotatable bonds is 5. The summed E-state index contributed by atoms with van der Waals surface area (Å²) in [5.74, 6) is -0.202. The molecule has 0 bridgehead atoms. The summed E-state index contributed by atoms with van der Waals surface area (Å²) in [6.07, 6.45) is 0. The van der Waals surface area contributed by atoms with Gasteiger partial charge < -0.3 is 9.47 Å². The number of para-hydroxylation sites is 1. The number of hydrogen-bond acceptors (Lipinski definition) is 4. The number of nitriles is 1. The van der Waals surface area contributed by atoms with E-state index in [4.69, 9.17) is 26.3 Å². The van der Waals surface area contributed by atoms with Gasteiger partial charge in [0, 0.05) is 10.6 Å². The highest BCUT2D eigenvalue weighted by Gasteiger charge is 2.13. The van der Waals surface area contributed by atoms with Crippen molar-refractivity contribution in [3.8, 4) is 11.8 Å². The summed E-state index contributed by atoms with van der Waals surface area (Å²) >= 11 is 6.05. The fourth-order valence-electron chi connectivity index (χ4n) is 1.71. The number of nitrogens with zero attached hydrogens (tertiary/aromatic N) is 1. The third-order valence-electron chi connectivity index (χ3n) is 2.72. The summed E-state index contributed by atoms with van der Waals surface area (Å²) in [4.78, 5) is 11.8. The predicted octanol–water partition coefficient (Wildman–Crippen LogP) is 3.60. The second kappa shape index (κ2) is 7.32. The molecule has 0 aromatic heterocycles. The van der Waals surface area contributed by atoms with E-state index in [0.29, 0.717) is 10.8 Å². The molecule has 2 aromatic carbocycles. The van der Waals surface area contributed by atoms with Crippen LogP contribution in [-0.4, -0.2) is 12.6 Å². The number of ether oxygens (including phenoxy) is 2. The molecular formula is C16H12ClNO3. The van der Waals surface area contributed by atoms with Crippen molar-refractivity contribution in [1.29, 1.82) is 5.26 Å². The average Bonchev–Trinajstić information content (AvgIpc) is 2.52. The SMILES string of the molecule is N#CCOC(=O)c1ccccc1OCc1ccccc1Cl. The minimum Gasteiger partial charge on any atom is -0.488 e. The van der Waals surface area contributed by atoms with Crippen molar-refractivity contribution in [3.63, 3.8) is 0 Å². The molecule has 0 N–H and O–H groups in total. The number of esters is 1. The van der Waals surface area contributed by atoms with Crippen LogP contribution in [0.4, 0.5) is 0 Å². The summed E-state index contributed by atoms with van der Waals surface area (Å²) in [7, 11) is 0. The molecule has 0 amide bonds. The molecule has 0 radical (unpaired) electrons. The monoisotopic (exact) mass is 301 g/mol. The molecule has 0 unspecified atom stereocenters. The van der Waals surface area contributed by atoms with E-state index in [1.807, 2.05) is 18.2 Å². The molecule has 0 fully saturated rings. The van der Waals surface area contributed by atoms with Crippen LogP contribution in [0.15, 0.2) is 48.5 Å². The van der Waals surface area contributed by atoms with Crippen LogP contribution in [0.3, 0.4) is 0 Å². The van der Waals surface area contributed by atoms with E-state index < -0.39 is 5.97 Å². The Hall–Kier alpha value is -2.51. The van der Waals surface area contributed by atoms with E-state index in [1.54, 1.807) is 36.4 Å². The lowest BCUT2D eigenvalue weighted by Crippen LogP contribution is -2.08. The van der Waals surface area contributed by atoms with Crippen LogP contribution in [0.25, 0.3) is 0 Å². The van der Waals surface area contributed by atoms with Gasteiger partial charge in [-0.1, -0.05) is 41.9 Å². The molecule has 0 aliphatic rings. The molecule has 0 saturated carbocycles. The standard InChI is InChI=1S/C16H12ClNO3/c17-14-7-3-1-5-12(14)11-21-15-8-4-2-6-13(15)16(19)20-10-9-18/h1-8H,10-11H2. The Balaban J connectivity index is 2.12. The Morgan fingerprint density at radius 2 is 1.86 bits per heavy atom. The Kier molecular flexibility index (Phi) is 5.19. The van der Waals surface area contributed by atoms with Crippen LogP contribution in [-0.2, 0) is 11.3 Å². The van der Waals surface area contributed by atoms with Crippen molar-refractivity contribution >= 4 is 17.6 Å². The van der Waals surface area contributed by atoms with Crippen molar-refractivity contribution in [1.82, 2.24) is 0 Å². The number of halogens is 1. The van der Waals surface area contributed by atoms with Gasteiger partial charge in [-0.15, -0.1) is 0 Å². The smallest absolute Gasteiger partial charge is 0.342 e. The van der Waals surface area contributed by atoms with Crippen LogP contribution < -0.4 is 4.74 Å². The summed E-state index contributed by atoms with van der Waals surface area (Å²) in [6, 6.07) is 15.8. The van der Waals surface area contributed by atoms with Gasteiger partial charge in [-0.25, -0.2) is 4.79 Å². The Morgan fingerprint density at radius 1 is 1.14 bits per heavy atom. The number of hydrogen-bond donors (Lipinski definition) is 0. The Morgan fingerprint density at radius 3 is 2.62 bits per heavy atom. The first-order chi connectivity index (χ1) is 10.2. The zero-order chi connectivity index (χ0) is 15.1. The first-order valence-electron chi connectivity index (χ1n) is 6.21. The van der Waals surface area contributed by atoms with E-state index in [9.17, 15) is 4.79 Å². The summed E-state index contributed by atoms with van der Waals surface area (Å²) < 4.78 is 10.4. The maximum absolute atomic E-state index is 11.8. The minimum atomic E-state index is -0.591. The van der Waals surface area contributed by atoms with E-state index in [0.717, 1.165) is 5.56 Å². The van der Waals surface area contributed by atoms with Gasteiger partial charge in [-0.05, 0) is 18.2 Å². The number of carbonyl (C=O) groups is 1. The molecule has 0 atom stereocenters. The highest BCUT2D eigenvalue weighted by Crippen LogP contribution is 2.22. The quantitative estimate of drug-likeness (QED) is 0.792. The Bertz CT molecular complexity index is 679. The van der Waals surface area contributed by atoms with Gasteiger partial charge in [0.15, 0.2) is 6.61 Å². The third kappa shape index (κ3) is 3.98. The van der Waals surface area contributed by atoms with Crippen LogP contribution in [0.1, 0.15) is 15.9 Å². The maximum atomic E-state index is 11.8. The van der Waals surface area contributed by atoms with Gasteiger partial charge in [0.2, 0.25) is 0 Å². The highest BCUT2D eigenvalue weighted by molar-refractivity contribution is 6.31. The van der Waals surface area contributed by atoms with E-state index in [2.05, 4.69) is 0 Å². The normalized spacial score (nSPS) is 9.71. The van der Waals surface area contributed by atoms with Gasteiger partial charge in [-0.2, -0.15) is 5.26 Å². The van der Waals surface area contributed by atoms with Gasteiger partial charge in [0.05, 0.1) is 0 Å². The van der Waals surface area contributed by atoms with Gasteiger partial charge >= 0.3 is 5.97 Å². The first-order valence-corrected chi connectivity index (χ1v) is 6.59. The van der Waals surface area contributed by atoms with Gasteiger partial charge in [-0.3, -0.25) is 0 Å². The molecule has 4 nitrogen and oxygen atoms in total. The highest BCUT2D eigenvalue weighted by atomic mass is 35.5. The molecule has 21 heavy (non-hydrogen) atoms. The molecule has 0 heterocycles. The molecule has 106 valence electrons. The summed E-state index contributed by atoms with van der Waals surface area (Å²) in [5, 5.41) is 9.04. The van der Waals surface area contributed by atoms with Crippen molar-refractivity contribution in [2.24, 2.45) is 0 Å². The largest absolute Gasteiger partial charge is 0.488 e.